The third kappa shape index (κ3) is 6.98. The van der Waals surface area contributed by atoms with Crippen LogP contribution in [0.2, 0.25) is 5.02 Å². The number of carbonyl (C=O) groups is 2. The second-order valence-corrected chi connectivity index (χ2v) is 7.59. The predicted octanol–water partition coefficient (Wildman–Crippen LogP) is 5.75. The fourth-order valence-electron chi connectivity index (χ4n) is 3.05. The third-order valence-electron chi connectivity index (χ3n) is 4.66. The summed E-state index contributed by atoms with van der Waals surface area (Å²) in [4.78, 5) is 23.1. The van der Waals surface area contributed by atoms with E-state index in [2.05, 4.69) is 5.32 Å². The Balaban J connectivity index is 1.64. The van der Waals surface area contributed by atoms with Crippen LogP contribution < -0.4 is 10.1 Å². The summed E-state index contributed by atoms with van der Waals surface area (Å²) in [5.41, 5.74) is 0.266. The first-order valence-electron chi connectivity index (χ1n) is 9.84. The minimum atomic E-state index is -4.73. The van der Waals surface area contributed by atoms with Crippen molar-refractivity contribution in [3.05, 3.63) is 94.0 Å². The maximum absolute atomic E-state index is 13.4. The number of nitrogens with one attached hydrogen (secondary N) is 1. The quantitative estimate of drug-likeness (QED) is 0.433. The minimum Gasteiger partial charge on any atom is -0.481 e. The van der Waals surface area contributed by atoms with Gasteiger partial charge in [0.25, 0.3) is 5.91 Å². The lowest BCUT2D eigenvalue weighted by Gasteiger charge is -2.15. The van der Waals surface area contributed by atoms with Crippen molar-refractivity contribution in [2.24, 2.45) is 0 Å². The fourth-order valence-corrected chi connectivity index (χ4v) is 3.17. The van der Waals surface area contributed by atoms with Gasteiger partial charge in [-0.3, -0.25) is 9.59 Å². The zero-order valence-corrected chi connectivity index (χ0v) is 17.9. The summed E-state index contributed by atoms with van der Waals surface area (Å²) in [6.45, 7) is 0.399. The number of alkyl halides is 3. The Kier molecular flexibility index (Phi) is 7.60. The highest BCUT2D eigenvalue weighted by Gasteiger charge is 2.35. The zero-order chi connectivity index (χ0) is 24.0. The van der Waals surface area contributed by atoms with E-state index in [1.165, 1.54) is 30.3 Å². The molecule has 0 bridgehead atoms. The molecule has 5 nitrogen and oxygen atoms in total. The topological polar surface area (TPSA) is 75.6 Å². The number of carboxylic acid groups (broad SMARTS) is 1. The second kappa shape index (κ2) is 10.4. The van der Waals surface area contributed by atoms with E-state index in [1.54, 1.807) is 12.1 Å². The molecule has 0 saturated carbocycles. The van der Waals surface area contributed by atoms with E-state index in [0.29, 0.717) is 23.6 Å². The monoisotopic (exact) mass is 477 g/mol. The van der Waals surface area contributed by atoms with Crippen molar-refractivity contribution in [3.63, 3.8) is 0 Å². The molecule has 172 valence electrons. The highest BCUT2D eigenvalue weighted by Crippen LogP contribution is 2.38. The summed E-state index contributed by atoms with van der Waals surface area (Å²) < 4.78 is 45.6. The predicted molar refractivity (Wildman–Crippen MR) is 117 cm³/mol. The molecule has 9 heteroatoms. The normalized spacial score (nSPS) is 11.2. The average Bonchev–Trinajstić information content (AvgIpc) is 2.75. The molecule has 0 saturated heterocycles. The molecule has 3 aromatic carbocycles. The molecule has 0 aliphatic rings. The molecule has 0 heterocycles. The Hall–Kier alpha value is -3.52. The van der Waals surface area contributed by atoms with Crippen molar-refractivity contribution in [2.45, 2.75) is 19.0 Å². The fraction of sp³-hybridized carbons (Fsp3) is 0.167. The van der Waals surface area contributed by atoms with Gasteiger partial charge in [-0.2, -0.15) is 13.2 Å². The molecule has 0 fully saturated rings. The van der Waals surface area contributed by atoms with E-state index in [4.69, 9.17) is 21.4 Å². The number of carbonyl (C=O) groups excluding carboxylic acids is 1. The highest BCUT2D eigenvalue weighted by molar-refractivity contribution is 6.30. The van der Waals surface area contributed by atoms with Gasteiger partial charge in [-0.1, -0.05) is 29.8 Å². The van der Waals surface area contributed by atoms with Gasteiger partial charge in [0.15, 0.2) is 0 Å². The number of rotatable bonds is 8. The molecular weight excluding hydrogens is 459 g/mol. The van der Waals surface area contributed by atoms with Crippen molar-refractivity contribution in [1.82, 2.24) is 5.32 Å². The molecule has 3 rings (SSSR count). The first-order valence-corrected chi connectivity index (χ1v) is 10.2. The van der Waals surface area contributed by atoms with Crippen molar-refractivity contribution < 1.29 is 32.6 Å². The highest BCUT2D eigenvalue weighted by atomic mass is 35.5. The summed E-state index contributed by atoms with van der Waals surface area (Å²) >= 11 is 5.84. The minimum absolute atomic E-state index is 0.00722. The van der Waals surface area contributed by atoms with Crippen LogP contribution in [-0.2, 0) is 23.8 Å². The van der Waals surface area contributed by atoms with Gasteiger partial charge in [0, 0.05) is 17.1 Å². The van der Waals surface area contributed by atoms with E-state index in [0.717, 1.165) is 17.7 Å². The lowest BCUT2D eigenvalue weighted by molar-refractivity contribution is -0.139. The Morgan fingerprint density at radius 1 is 0.939 bits per heavy atom. The molecule has 0 unspecified atom stereocenters. The summed E-state index contributed by atoms with van der Waals surface area (Å²) in [5, 5.41) is 12.2. The molecule has 0 atom stereocenters. The van der Waals surface area contributed by atoms with E-state index in [-0.39, 0.29) is 17.2 Å². The molecule has 0 aromatic heterocycles. The first kappa shape index (κ1) is 24.1. The van der Waals surface area contributed by atoms with Crippen LogP contribution in [0.15, 0.2) is 66.7 Å². The smallest absolute Gasteiger partial charge is 0.419 e. The summed E-state index contributed by atoms with van der Waals surface area (Å²) in [7, 11) is 0. The molecule has 0 aliphatic carbocycles. The Bertz CT molecular complexity index is 1130. The number of carboxylic acids is 1. The van der Waals surface area contributed by atoms with E-state index < -0.39 is 29.9 Å². The number of hydrogen-bond donors (Lipinski definition) is 2. The summed E-state index contributed by atoms with van der Waals surface area (Å²) in [6.07, 6.45) is -4.65. The molecule has 2 N–H and O–H groups in total. The standard InChI is InChI=1S/C24H19ClF3NO4/c25-18-6-1-15(2-7-18)11-12-29-23(32)17-4-8-19(9-5-17)33-21-10-3-16(14-22(30)31)13-20(21)24(26,27)28/h1-10,13H,11-12,14H2,(H,29,32)(H,30,31). The zero-order valence-electron chi connectivity index (χ0n) is 17.2. The third-order valence-corrected chi connectivity index (χ3v) is 4.91. The van der Waals surface area contributed by atoms with E-state index in [9.17, 15) is 22.8 Å². The van der Waals surface area contributed by atoms with Gasteiger partial charge >= 0.3 is 12.1 Å². The lowest BCUT2D eigenvalue weighted by atomic mass is 10.1. The van der Waals surface area contributed by atoms with Crippen LogP contribution in [0.1, 0.15) is 27.0 Å². The number of benzene rings is 3. The largest absolute Gasteiger partial charge is 0.481 e. The number of amides is 1. The Morgan fingerprint density at radius 2 is 1.58 bits per heavy atom. The number of halogens is 4. The van der Waals surface area contributed by atoms with Gasteiger partial charge in [-0.25, -0.2) is 0 Å². The Labute approximate surface area is 192 Å². The molecule has 0 aliphatic heterocycles. The molecule has 0 spiro atoms. The van der Waals surface area contributed by atoms with Gasteiger partial charge in [-0.05, 0) is 66.1 Å². The van der Waals surface area contributed by atoms with Crippen LogP contribution in [0.25, 0.3) is 0 Å². The Morgan fingerprint density at radius 3 is 2.18 bits per heavy atom. The van der Waals surface area contributed by atoms with Crippen LogP contribution >= 0.6 is 11.6 Å². The number of aliphatic carboxylic acids is 1. The lowest BCUT2D eigenvalue weighted by Crippen LogP contribution is -2.25. The molecule has 3 aromatic rings. The van der Waals surface area contributed by atoms with Gasteiger partial charge in [0.2, 0.25) is 0 Å². The maximum Gasteiger partial charge on any atom is 0.419 e. The van der Waals surface area contributed by atoms with Crippen LogP contribution in [0, 0.1) is 0 Å². The molecule has 0 radical (unpaired) electrons. The second-order valence-electron chi connectivity index (χ2n) is 7.16. The summed E-state index contributed by atoms with van der Waals surface area (Å²) in [5.74, 6) is -1.93. The van der Waals surface area contributed by atoms with Crippen LogP contribution in [0.3, 0.4) is 0 Å². The van der Waals surface area contributed by atoms with E-state index >= 15 is 0 Å². The van der Waals surface area contributed by atoms with Crippen molar-refractivity contribution >= 4 is 23.5 Å². The summed E-state index contributed by atoms with van der Waals surface area (Å²) in [6, 6.07) is 16.0. The van der Waals surface area contributed by atoms with Crippen LogP contribution in [-0.4, -0.2) is 23.5 Å². The van der Waals surface area contributed by atoms with Crippen molar-refractivity contribution in [1.29, 1.82) is 0 Å². The van der Waals surface area contributed by atoms with Gasteiger partial charge in [0.05, 0.1) is 12.0 Å². The molecular formula is C24H19ClF3NO4. The molecule has 1 amide bonds. The first-order chi connectivity index (χ1) is 15.6. The van der Waals surface area contributed by atoms with Gasteiger partial charge in [0.1, 0.15) is 11.5 Å². The van der Waals surface area contributed by atoms with Crippen LogP contribution in [0.5, 0.6) is 11.5 Å². The number of hydrogen-bond acceptors (Lipinski definition) is 3. The van der Waals surface area contributed by atoms with Gasteiger partial charge < -0.3 is 15.2 Å². The van der Waals surface area contributed by atoms with Crippen molar-refractivity contribution in [2.75, 3.05) is 6.54 Å². The van der Waals surface area contributed by atoms with E-state index in [1.807, 2.05) is 12.1 Å². The average molecular weight is 478 g/mol. The van der Waals surface area contributed by atoms with Crippen molar-refractivity contribution in [3.8, 4) is 11.5 Å². The van der Waals surface area contributed by atoms with Crippen LogP contribution in [0.4, 0.5) is 13.2 Å². The number of ether oxygens (including phenoxy) is 1. The molecule has 33 heavy (non-hydrogen) atoms. The van der Waals surface area contributed by atoms with Gasteiger partial charge in [-0.15, -0.1) is 0 Å². The maximum atomic E-state index is 13.4. The SMILES string of the molecule is O=C(O)Cc1ccc(Oc2ccc(C(=O)NCCc3ccc(Cl)cc3)cc2)c(C(F)(F)F)c1.